The van der Waals surface area contributed by atoms with Crippen molar-refractivity contribution >= 4 is 17.7 Å². The van der Waals surface area contributed by atoms with E-state index < -0.39 is 6.04 Å². The van der Waals surface area contributed by atoms with Gasteiger partial charge in [0.25, 0.3) is 5.91 Å². The second-order valence-electron chi connectivity index (χ2n) is 13.5. The Morgan fingerprint density at radius 3 is 2.44 bits per heavy atom. The van der Waals surface area contributed by atoms with E-state index >= 15 is 0 Å². The van der Waals surface area contributed by atoms with Gasteiger partial charge in [-0.25, -0.2) is 0 Å². The van der Waals surface area contributed by atoms with Crippen LogP contribution in [0.25, 0.3) is 0 Å². The van der Waals surface area contributed by atoms with Gasteiger partial charge in [0.15, 0.2) is 0 Å². The highest BCUT2D eigenvalue weighted by atomic mass is 16.2. The van der Waals surface area contributed by atoms with Crippen LogP contribution >= 0.6 is 0 Å². The highest BCUT2D eigenvalue weighted by Gasteiger charge is 2.41. The van der Waals surface area contributed by atoms with Gasteiger partial charge < -0.3 is 10.2 Å². The number of rotatable bonds is 5. The number of fused-ring (bicyclic) bond motifs is 1. The average molecular weight is 494 g/mol. The summed E-state index contributed by atoms with van der Waals surface area (Å²) in [5, 5.41) is 6.51. The monoisotopic (exact) mass is 493 g/mol. The molecule has 2 heterocycles. The standard InChI is InChI=1S/C30H43N3O3/c1-29(2)15-22(16-30(3,4)18-29)31-24-8-6-5-7-20(24)13-19-9-10-23-21(14-19)17-33(28(23)36)25-11-12-26(34)32-27(25)35/h9-10,14,20,22,24-25,31H,5-8,11-13,15-18H2,1-4H3,(H,32,34,35)/t20-,24+,25?/m1/s1. The number of amides is 3. The topological polar surface area (TPSA) is 78.5 Å². The van der Waals surface area contributed by atoms with Crippen LogP contribution in [-0.4, -0.2) is 40.7 Å². The van der Waals surface area contributed by atoms with Crippen molar-refractivity contribution in [2.45, 2.75) is 117 Å². The lowest BCUT2D eigenvalue weighted by Crippen LogP contribution is -2.52. The molecular formula is C30H43N3O3. The summed E-state index contributed by atoms with van der Waals surface area (Å²) in [6.45, 7) is 10.1. The fraction of sp³-hybridized carbons (Fsp3) is 0.700. The maximum atomic E-state index is 13.1. The lowest BCUT2D eigenvalue weighted by molar-refractivity contribution is -0.136. The van der Waals surface area contributed by atoms with E-state index in [4.69, 9.17) is 0 Å². The first kappa shape index (κ1) is 25.4. The number of hydrogen-bond acceptors (Lipinski definition) is 4. The van der Waals surface area contributed by atoms with Gasteiger partial charge in [0.05, 0.1) is 0 Å². The molecular weight excluding hydrogens is 450 g/mol. The summed E-state index contributed by atoms with van der Waals surface area (Å²) in [6, 6.07) is 6.83. The van der Waals surface area contributed by atoms with E-state index in [9.17, 15) is 14.4 Å². The minimum Gasteiger partial charge on any atom is -0.322 e. The Kier molecular flexibility index (Phi) is 6.78. The van der Waals surface area contributed by atoms with Crippen LogP contribution in [0.2, 0.25) is 0 Å². The maximum Gasteiger partial charge on any atom is 0.255 e. The van der Waals surface area contributed by atoms with Gasteiger partial charge in [0, 0.05) is 30.6 Å². The summed E-state index contributed by atoms with van der Waals surface area (Å²) in [6.07, 6.45) is 10.6. The number of hydrogen-bond donors (Lipinski definition) is 2. The van der Waals surface area contributed by atoms with Crippen molar-refractivity contribution in [3.05, 3.63) is 34.9 Å². The molecule has 5 rings (SSSR count). The number of carbonyl (C=O) groups excluding carboxylic acids is 3. The molecule has 6 heteroatoms. The summed E-state index contributed by atoms with van der Waals surface area (Å²) >= 11 is 0. The molecule has 1 aromatic rings. The summed E-state index contributed by atoms with van der Waals surface area (Å²) < 4.78 is 0. The number of carbonyl (C=O) groups is 3. The first-order valence-electron chi connectivity index (χ1n) is 14.0. The Morgan fingerprint density at radius 2 is 1.72 bits per heavy atom. The molecule has 0 radical (unpaired) electrons. The van der Waals surface area contributed by atoms with Crippen LogP contribution in [0.4, 0.5) is 0 Å². The number of nitrogens with zero attached hydrogens (tertiary/aromatic N) is 1. The van der Waals surface area contributed by atoms with E-state index in [0.717, 1.165) is 12.0 Å². The molecule has 196 valence electrons. The Balaban J connectivity index is 1.26. The van der Waals surface area contributed by atoms with Crippen molar-refractivity contribution in [1.29, 1.82) is 0 Å². The Morgan fingerprint density at radius 1 is 1.00 bits per heavy atom. The number of piperidine rings is 1. The van der Waals surface area contributed by atoms with Crippen LogP contribution in [0.5, 0.6) is 0 Å². The molecule has 2 aliphatic heterocycles. The van der Waals surface area contributed by atoms with Crippen LogP contribution in [0.15, 0.2) is 18.2 Å². The molecule has 6 nitrogen and oxygen atoms in total. The van der Waals surface area contributed by atoms with Crippen molar-refractivity contribution in [3.63, 3.8) is 0 Å². The SMILES string of the molecule is CC1(C)CC(N[C@H]2CCCC[C@@H]2Cc2ccc3c(c2)CN(C2CCC(=O)NC2=O)C3=O)CC(C)(C)C1. The molecule has 0 spiro atoms. The van der Waals surface area contributed by atoms with Crippen LogP contribution in [0, 0.1) is 16.7 Å². The highest BCUT2D eigenvalue weighted by Crippen LogP contribution is 2.46. The average Bonchev–Trinajstić information content (AvgIpc) is 3.08. The molecule has 1 unspecified atom stereocenters. The van der Waals surface area contributed by atoms with Crippen LogP contribution < -0.4 is 10.6 Å². The predicted octanol–water partition coefficient (Wildman–Crippen LogP) is 4.74. The largest absolute Gasteiger partial charge is 0.322 e. The van der Waals surface area contributed by atoms with Crippen LogP contribution in [0.1, 0.15) is 107 Å². The van der Waals surface area contributed by atoms with E-state index in [-0.39, 0.29) is 24.1 Å². The number of nitrogens with one attached hydrogen (secondary N) is 2. The smallest absolute Gasteiger partial charge is 0.255 e. The first-order valence-corrected chi connectivity index (χ1v) is 14.0. The van der Waals surface area contributed by atoms with Gasteiger partial charge in [-0.2, -0.15) is 0 Å². The van der Waals surface area contributed by atoms with Gasteiger partial charge in [0.2, 0.25) is 11.8 Å². The van der Waals surface area contributed by atoms with E-state index in [1.165, 1.54) is 50.5 Å². The van der Waals surface area contributed by atoms with Gasteiger partial charge in [0.1, 0.15) is 6.04 Å². The zero-order valence-electron chi connectivity index (χ0n) is 22.5. The molecule has 1 aromatic carbocycles. The molecule has 3 atom stereocenters. The molecule has 36 heavy (non-hydrogen) atoms. The Bertz CT molecular complexity index is 1030. The van der Waals surface area contributed by atoms with Gasteiger partial charge in [-0.05, 0) is 78.9 Å². The molecule has 3 amide bonds. The van der Waals surface area contributed by atoms with Crippen molar-refractivity contribution < 1.29 is 14.4 Å². The van der Waals surface area contributed by atoms with Gasteiger partial charge in [-0.1, -0.05) is 52.7 Å². The lowest BCUT2D eigenvalue weighted by Gasteiger charge is -2.47. The van der Waals surface area contributed by atoms with Gasteiger partial charge >= 0.3 is 0 Å². The Hall–Kier alpha value is -2.21. The van der Waals surface area contributed by atoms with E-state index in [2.05, 4.69) is 50.5 Å². The van der Waals surface area contributed by atoms with Crippen LogP contribution in [-0.2, 0) is 22.6 Å². The third-order valence-electron chi connectivity index (χ3n) is 9.00. The maximum absolute atomic E-state index is 13.1. The van der Waals surface area contributed by atoms with E-state index in [0.29, 0.717) is 47.4 Å². The predicted molar refractivity (Wildman–Crippen MR) is 140 cm³/mol. The fourth-order valence-electron chi connectivity index (χ4n) is 8.00. The van der Waals surface area contributed by atoms with E-state index in [1.54, 1.807) is 4.90 Å². The molecule has 4 aliphatic rings. The lowest BCUT2D eigenvalue weighted by atomic mass is 9.63. The molecule has 3 fully saturated rings. The van der Waals surface area contributed by atoms with Crippen molar-refractivity contribution in [2.75, 3.05) is 0 Å². The summed E-state index contributed by atoms with van der Waals surface area (Å²) in [5.41, 5.74) is 3.76. The van der Waals surface area contributed by atoms with Gasteiger partial charge in [-0.15, -0.1) is 0 Å². The highest BCUT2D eigenvalue weighted by molar-refractivity contribution is 6.05. The van der Waals surface area contributed by atoms with E-state index in [1.807, 2.05) is 6.07 Å². The second-order valence-corrected chi connectivity index (χ2v) is 13.5. The minimum atomic E-state index is -0.554. The fourth-order valence-corrected chi connectivity index (χ4v) is 8.00. The third-order valence-corrected chi connectivity index (χ3v) is 9.00. The first-order chi connectivity index (χ1) is 17.0. The van der Waals surface area contributed by atoms with Gasteiger partial charge in [-0.3, -0.25) is 19.7 Å². The molecule has 2 saturated carbocycles. The normalized spacial score (nSPS) is 30.3. The quantitative estimate of drug-likeness (QED) is 0.581. The summed E-state index contributed by atoms with van der Waals surface area (Å²) in [5.74, 6) is -0.0874. The summed E-state index contributed by atoms with van der Waals surface area (Å²) in [4.78, 5) is 38.6. The van der Waals surface area contributed by atoms with Crippen molar-refractivity contribution in [3.8, 4) is 0 Å². The number of benzene rings is 1. The minimum absolute atomic E-state index is 0.0919. The summed E-state index contributed by atoms with van der Waals surface area (Å²) in [7, 11) is 0. The zero-order chi connectivity index (χ0) is 25.7. The van der Waals surface area contributed by atoms with Crippen molar-refractivity contribution in [1.82, 2.24) is 15.5 Å². The zero-order valence-corrected chi connectivity index (χ0v) is 22.5. The third kappa shape index (κ3) is 5.39. The van der Waals surface area contributed by atoms with Crippen LogP contribution in [0.3, 0.4) is 0 Å². The molecule has 2 aliphatic carbocycles. The molecule has 1 saturated heterocycles. The number of imide groups is 1. The molecule has 0 aromatic heterocycles. The molecule has 2 N–H and O–H groups in total. The molecule has 0 bridgehead atoms. The Labute approximate surface area is 216 Å². The van der Waals surface area contributed by atoms with Crippen molar-refractivity contribution in [2.24, 2.45) is 16.7 Å². The second kappa shape index (κ2) is 9.59.